The summed E-state index contributed by atoms with van der Waals surface area (Å²) in [4.78, 5) is 33.7. The van der Waals surface area contributed by atoms with Crippen molar-refractivity contribution in [3.05, 3.63) is 93.3 Å². The number of H-pyrrole nitrogens is 1. The minimum Gasteiger partial charge on any atom is -0.455 e. The van der Waals surface area contributed by atoms with Crippen molar-refractivity contribution in [1.29, 1.82) is 0 Å². The van der Waals surface area contributed by atoms with Gasteiger partial charge in [0.25, 0.3) is 21.6 Å². The molecule has 3 heterocycles. The molecule has 2 aromatic carbocycles. The second kappa shape index (κ2) is 17.3. The number of hydrogen-bond acceptors (Lipinski definition) is 10. The number of aryl methyl sites for hydroxylation is 1. The average molecular weight is 841 g/mol. The topological polar surface area (TPSA) is 183 Å². The van der Waals surface area contributed by atoms with E-state index in [1.54, 1.807) is 18.3 Å². The number of allylic oxidation sites excluding steroid dienone is 1. The van der Waals surface area contributed by atoms with E-state index >= 15 is 0 Å². The lowest BCUT2D eigenvalue weighted by molar-refractivity contribution is -0.385. The van der Waals surface area contributed by atoms with E-state index in [0.717, 1.165) is 36.1 Å². The molecule has 3 saturated carbocycles. The summed E-state index contributed by atoms with van der Waals surface area (Å²) in [7, 11) is -4.46. The molecular weight excluding hydrogens is 781 g/mol. The quantitative estimate of drug-likeness (QED) is 0.0479. The molecule has 1 saturated heterocycles. The molecule has 2 aromatic heterocycles. The lowest BCUT2D eigenvalue weighted by Crippen LogP contribution is -2.61. The van der Waals surface area contributed by atoms with E-state index in [1.807, 2.05) is 15.9 Å². The highest BCUT2D eigenvalue weighted by Crippen LogP contribution is 2.77. The van der Waals surface area contributed by atoms with Gasteiger partial charge in [0.05, 0.1) is 21.6 Å². The molecule has 0 atom stereocenters. The molecule has 0 radical (unpaired) electrons. The van der Waals surface area contributed by atoms with Crippen LogP contribution in [0.2, 0.25) is 0 Å². The van der Waals surface area contributed by atoms with Crippen molar-refractivity contribution >= 4 is 38.3 Å². The van der Waals surface area contributed by atoms with Gasteiger partial charge in [-0.05, 0) is 130 Å². The first-order chi connectivity index (χ1) is 28.5. The van der Waals surface area contributed by atoms with E-state index in [-0.39, 0.29) is 22.7 Å². The number of ether oxygens (including phenoxy) is 2. The third-order valence-corrected chi connectivity index (χ3v) is 14.6. The number of carbonyl (C=O) groups is 1. The Bertz CT molecular complexity index is 2360. The van der Waals surface area contributed by atoms with Gasteiger partial charge in [0.1, 0.15) is 17.1 Å². The minimum atomic E-state index is -4.46. The summed E-state index contributed by atoms with van der Waals surface area (Å²) < 4.78 is 39.4. The second-order valence-corrected chi connectivity index (χ2v) is 20.2. The van der Waals surface area contributed by atoms with Crippen LogP contribution in [0, 0.1) is 32.3 Å². The zero-order chi connectivity index (χ0) is 42.9. The number of fused-ring (bicyclic) bond motifs is 1. The number of sulfonamides is 1. The Balaban J connectivity index is 0.000000227. The fraction of sp³-hybridized carbons (Fsp3) is 0.522. The van der Waals surface area contributed by atoms with Crippen LogP contribution in [0.3, 0.4) is 0 Å². The highest BCUT2D eigenvalue weighted by atomic mass is 32.2. The molecule has 4 N–H and O–H groups in total. The fourth-order valence-electron chi connectivity index (χ4n) is 10.0. The fourth-order valence-corrected chi connectivity index (χ4v) is 11.0. The third kappa shape index (κ3) is 9.55. The molecule has 2 bridgehead atoms. The lowest BCUT2D eigenvalue weighted by Gasteiger charge is -2.72. The molecule has 4 aliphatic carbocycles. The van der Waals surface area contributed by atoms with Crippen LogP contribution < -0.4 is 15.2 Å². The Morgan fingerprint density at radius 1 is 1.07 bits per heavy atom. The van der Waals surface area contributed by atoms with Crippen LogP contribution in [0.15, 0.2) is 77.0 Å². The number of nitrogens with zero attached hydrogens (tertiary/aromatic N) is 3. The summed E-state index contributed by atoms with van der Waals surface area (Å²) in [6, 6.07) is 11.3. The summed E-state index contributed by atoms with van der Waals surface area (Å²) in [6.07, 6.45) is 14.7. The Kier molecular flexibility index (Phi) is 12.5. The van der Waals surface area contributed by atoms with Crippen molar-refractivity contribution < 1.29 is 27.6 Å². The van der Waals surface area contributed by atoms with E-state index in [2.05, 4.69) is 49.5 Å². The number of nitro benzene ring substituents is 1. The maximum absolute atomic E-state index is 13.1. The zero-order valence-electron chi connectivity index (χ0n) is 35.6. The summed E-state index contributed by atoms with van der Waals surface area (Å²) in [6.45, 7) is 17.0. The molecule has 4 fully saturated rings. The zero-order valence-corrected chi connectivity index (χ0v) is 36.5. The summed E-state index contributed by atoms with van der Waals surface area (Å²) >= 11 is 0. The Morgan fingerprint density at radius 3 is 2.48 bits per heavy atom. The summed E-state index contributed by atoms with van der Waals surface area (Å²) in [5.74, 6) is -0.273. The molecule has 5 aliphatic rings. The van der Waals surface area contributed by atoms with Crippen LogP contribution in [0.4, 0.5) is 11.4 Å². The third-order valence-electron chi connectivity index (χ3n) is 13.2. The maximum Gasteiger partial charge on any atom is 0.273 e. The predicted octanol–water partition coefficient (Wildman–Crippen LogP) is 9.35. The largest absolute Gasteiger partial charge is 0.455 e. The highest BCUT2D eigenvalue weighted by molar-refractivity contribution is 7.90. The number of nitro groups is 1. The number of amides is 1. The molecule has 1 aliphatic heterocycles. The normalized spacial score (nSPS) is 22.4. The minimum absolute atomic E-state index is 0.0128. The standard InChI is InChI=1S/C27H27N5O7S.C19H33N/c28-20-4-6-23(25(14-20)39-21-13-19-7-10-29-26(19)30-16-21)27(33)31-40(36,37)22-5-3-18(24(15-22)32(34)35)2-1-17-8-11-38-12-9-17;1-6-20(7-2)11-15-8-9-17(3,4)10-16(15)19-12-18(5,13-19)14-19/h3-7,10,13-17H,1-2,8-9,11-12,28H2,(H,29,30)(H,31,33);6-14H2,1-5H3. The van der Waals surface area contributed by atoms with Crippen molar-refractivity contribution in [2.45, 2.75) is 104 Å². The summed E-state index contributed by atoms with van der Waals surface area (Å²) in [5, 5.41) is 12.5. The number of carbonyl (C=O) groups excluding carboxylic acids is 1. The number of rotatable bonds is 14. The Labute approximate surface area is 353 Å². The average Bonchev–Trinajstić information content (AvgIpc) is 3.66. The van der Waals surface area contributed by atoms with E-state index in [4.69, 9.17) is 15.2 Å². The van der Waals surface area contributed by atoms with Crippen LogP contribution >= 0.6 is 0 Å². The first-order valence-corrected chi connectivity index (χ1v) is 22.9. The van der Waals surface area contributed by atoms with Gasteiger partial charge in [-0.15, -0.1) is 0 Å². The van der Waals surface area contributed by atoms with Gasteiger partial charge in [-0.25, -0.2) is 18.1 Å². The number of nitrogens with two attached hydrogens (primary N) is 1. The Hall–Kier alpha value is -4.79. The molecule has 60 heavy (non-hydrogen) atoms. The number of aromatic nitrogens is 2. The number of likely N-dealkylation sites (N-methyl/N-ethyl adjacent to an activating group) is 1. The van der Waals surface area contributed by atoms with Crippen LogP contribution in [-0.2, 0) is 21.2 Å². The molecular formula is C46H60N6O7S. The highest BCUT2D eigenvalue weighted by Gasteiger charge is 2.66. The van der Waals surface area contributed by atoms with Crippen molar-refractivity contribution in [2.24, 2.45) is 22.2 Å². The second-order valence-electron chi connectivity index (χ2n) is 18.5. The molecule has 13 nitrogen and oxygen atoms in total. The van der Waals surface area contributed by atoms with Crippen molar-refractivity contribution in [3.8, 4) is 11.5 Å². The molecule has 9 rings (SSSR count). The first kappa shape index (κ1) is 43.3. The van der Waals surface area contributed by atoms with Gasteiger partial charge < -0.3 is 20.2 Å². The molecule has 1 amide bonds. The van der Waals surface area contributed by atoms with Gasteiger partial charge in [-0.3, -0.25) is 19.8 Å². The van der Waals surface area contributed by atoms with Gasteiger partial charge in [-0.1, -0.05) is 51.8 Å². The van der Waals surface area contributed by atoms with Crippen LogP contribution in [0.25, 0.3) is 11.0 Å². The summed E-state index contributed by atoms with van der Waals surface area (Å²) in [5.41, 5.74) is 12.5. The van der Waals surface area contributed by atoms with Gasteiger partial charge in [0.15, 0.2) is 0 Å². The molecule has 322 valence electrons. The van der Waals surface area contributed by atoms with E-state index in [1.165, 1.54) is 94.7 Å². The number of aromatic amines is 1. The monoisotopic (exact) mass is 840 g/mol. The van der Waals surface area contributed by atoms with E-state index < -0.39 is 25.7 Å². The van der Waals surface area contributed by atoms with Gasteiger partial charge in [-0.2, -0.15) is 0 Å². The van der Waals surface area contributed by atoms with E-state index in [0.29, 0.717) is 53.3 Å². The van der Waals surface area contributed by atoms with Crippen molar-refractivity contribution in [3.63, 3.8) is 0 Å². The van der Waals surface area contributed by atoms with Gasteiger partial charge in [0, 0.05) is 54.7 Å². The number of benzene rings is 2. The number of pyridine rings is 1. The van der Waals surface area contributed by atoms with Gasteiger partial charge >= 0.3 is 0 Å². The molecule has 0 spiro atoms. The van der Waals surface area contributed by atoms with E-state index in [9.17, 15) is 23.3 Å². The maximum atomic E-state index is 13.1. The number of hydrogen-bond donors (Lipinski definition) is 3. The SMILES string of the molecule is CCN(CC)CC1=C(C23CC(C)(C2)C3)CC(C)(C)CC1.Nc1ccc(C(=O)NS(=O)(=O)c2ccc(CCC3CCOCC3)c([N+](=O)[O-])c2)c(Oc2cnc3[nH]ccc3c2)c1. The number of nitrogen functional groups attached to an aromatic ring is 1. The Morgan fingerprint density at radius 2 is 1.80 bits per heavy atom. The lowest BCUT2D eigenvalue weighted by atomic mass is 9.33. The van der Waals surface area contributed by atoms with Gasteiger partial charge in [0.2, 0.25) is 0 Å². The predicted molar refractivity (Wildman–Crippen MR) is 233 cm³/mol. The van der Waals surface area contributed by atoms with Crippen molar-refractivity contribution in [2.75, 3.05) is 38.6 Å². The smallest absolute Gasteiger partial charge is 0.273 e. The van der Waals surface area contributed by atoms with Crippen LogP contribution in [0.1, 0.15) is 108 Å². The molecule has 4 aromatic rings. The van der Waals surface area contributed by atoms with Crippen LogP contribution in [-0.4, -0.2) is 67.0 Å². The number of anilines is 1. The van der Waals surface area contributed by atoms with Crippen LogP contribution in [0.5, 0.6) is 11.5 Å². The molecule has 0 unspecified atom stereocenters. The molecule has 14 heteroatoms. The van der Waals surface area contributed by atoms with Crippen molar-refractivity contribution in [1.82, 2.24) is 19.6 Å². The first-order valence-electron chi connectivity index (χ1n) is 21.4. The number of nitrogens with one attached hydrogen (secondary N) is 2.